The molecule has 4 aromatic rings. The average Bonchev–Trinajstić information content (AvgIpc) is 3.28. The first-order valence-electron chi connectivity index (χ1n) is 9.50. The van der Waals surface area contributed by atoms with Crippen LogP contribution in [-0.2, 0) is 6.61 Å². The lowest BCUT2D eigenvalue weighted by Crippen LogP contribution is -2.22. The number of benzene rings is 3. The average molecular weight is 450 g/mol. The first-order valence-corrected chi connectivity index (χ1v) is 10.8. The summed E-state index contributed by atoms with van der Waals surface area (Å²) in [6.07, 6.45) is 0. The molecule has 3 aromatic carbocycles. The van der Waals surface area contributed by atoms with E-state index < -0.39 is 5.97 Å². The van der Waals surface area contributed by atoms with E-state index in [0.29, 0.717) is 28.7 Å². The third-order valence-electron chi connectivity index (χ3n) is 4.81. The standard InChI is InChI=1S/C25H19ClO4S/c1-29-22-9-7-17(25(27)28)13-21(22)24-19(11-12-31-24)20-14-18(26)8-10-23(20)30-15-16-5-3-2-4-6-16/h2-14H,15H2,1H3,(H,27,28)/p-1. The highest BCUT2D eigenvalue weighted by molar-refractivity contribution is 7.14. The minimum atomic E-state index is -1.24. The highest BCUT2D eigenvalue weighted by Gasteiger charge is 2.18. The van der Waals surface area contributed by atoms with E-state index in [1.54, 1.807) is 25.3 Å². The number of hydrogen-bond acceptors (Lipinski definition) is 5. The number of hydrogen-bond donors (Lipinski definition) is 0. The van der Waals surface area contributed by atoms with Crippen molar-refractivity contribution in [1.82, 2.24) is 0 Å². The number of carbonyl (C=O) groups excluding carboxylic acids is 1. The molecule has 4 nitrogen and oxygen atoms in total. The largest absolute Gasteiger partial charge is 0.545 e. The molecular weight excluding hydrogens is 432 g/mol. The smallest absolute Gasteiger partial charge is 0.127 e. The number of carbonyl (C=O) groups is 1. The van der Waals surface area contributed by atoms with E-state index in [1.165, 1.54) is 17.4 Å². The maximum Gasteiger partial charge on any atom is 0.127 e. The zero-order chi connectivity index (χ0) is 21.8. The topological polar surface area (TPSA) is 58.6 Å². The summed E-state index contributed by atoms with van der Waals surface area (Å²) in [7, 11) is 1.55. The highest BCUT2D eigenvalue weighted by atomic mass is 35.5. The minimum Gasteiger partial charge on any atom is -0.545 e. The van der Waals surface area contributed by atoms with Crippen LogP contribution in [0.1, 0.15) is 15.9 Å². The molecule has 0 saturated carbocycles. The number of rotatable bonds is 7. The molecule has 4 rings (SSSR count). The van der Waals surface area contributed by atoms with Gasteiger partial charge in [0.05, 0.1) is 13.1 Å². The summed E-state index contributed by atoms with van der Waals surface area (Å²) in [5.41, 5.74) is 3.51. The molecule has 0 atom stereocenters. The number of halogens is 1. The Kier molecular flexibility index (Phi) is 6.26. The third kappa shape index (κ3) is 4.58. The molecule has 0 aliphatic heterocycles. The lowest BCUT2D eigenvalue weighted by Gasteiger charge is -2.15. The Hall–Kier alpha value is -3.28. The monoisotopic (exact) mass is 449 g/mol. The molecule has 0 bridgehead atoms. The van der Waals surface area contributed by atoms with Crippen LogP contribution in [0.2, 0.25) is 5.02 Å². The van der Waals surface area contributed by atoms with Gasteiger partial charge >= 0.3 is 0 Å². The van der Waals surface area contributed by atoms with Gasteiger partial charge in [-0.2, -0.15) is 0 Å². The predicted molar refractivity (Wildman–Crippen MR) is 122 cm³/mol. The molecular formula is C25H18ClO4S-. The SMILES string of the molecule is COc1ccc(C(=O)[O-])cc1-c1sccc1-c1cc(Cl)ccc1OCc1ccccc1. The van der Waals surface area contributed by atoms with Gasteiger partial charge in [0.25, 0.3) is 0 Å². The van der Waals surface area contributed by atoms with Gasteiger partial charge in [0.1, 0.15) is 18.1 Å². The number of carboxylic acid groups (broad SMARTS) is 1. The van der Waals surface area contributed by atoms with E-state index in [9.17, 15) is 9.90 Å². The molecule has 0 aliphatic rings. The van der Waals surface area contributed by atoms with E-state index >= 15 is 0 Å². The molecule has 6 heteroatoms. The van der Waals surface area contributed by atoms with E-state index in [2.05, 4.69) is 0 Å². The molecule has 0 radical (unpaired) electrons. The molecule has 0 spiro atoms. The molecule has 0 aliphatic carbocycles. The van der Waals surface area contributed by atoms with Crippen LogP contribution in [0.25, 0.3) is 21.6 Å². The van der Waals surface area contributed by atoms with E-state index in [-0.39, 0.29) is 5.56 Å². The maximum atomic E-state index is 11.4. The van der Waals surface area contributed by atoms with Gasteiger partial charge in [-0.1, -0.05) is 41.9 Å². The first kappa shape index (κ1) is 21.0. The number of ether oxygens (including phenoxy) is 2. The van der Waals surface area contributed by atoms with Crippen molar-refractivity contribution in [2.45, 2.75) is 6.61 Å². The van der Waals surface area contributed by atoms with Gasteiger partial charge in [-0.25, -0.2) is 0 Å². The van der Waals surface area contributed by atoms with Crippen molar-refractivity contribution in [3.05, 3.63) is 94.3 Å². The van der Waals surface area contributed by atoms with Gasteiger partial charge < -0.3 is 19.4 Å². The lowest BCUT2D eigenvalue weighted by atomic mass is 10.00. The normalized spacial score (nSPS) is 10.6. The minimum absolute atomic E-state index is 0.0850. The van der Waals surface area contributed by atoms with Crippen LogP contribution in [0.5, 0.6) is 11.5 Å². The number of methoxy groups -OCH3 is 1. The molecule has 156 valence electrons. The molecule has 0 amide bonds. The van der Waals surface area contributed by atoms with Gasteiger partial charge in [0, 0.05) is 26.6 Å². The summed E-state index contributed by atoms with van der Waals surface area (Å²) in [6.45, 7) is 0.415. The fourth-order valence-electron chi connectivity index (χ4n) is 3.32. The number of carboxylic acids is 1. The highest BCUT2D eigenvalue weighted by Crippen LogP contribution is 2.45. The molecule has 0 unspecified atom stereocenters. The summed E-state index contributed by atoms with van der Waals surface area (Å²) in [5, 5.41) is 13.9. The van der Waals surface area contributed by atoms with Crippen LogP contribution in [0.15, 0.2) is 78.2 Å². The molecule has 1 heterocycles. The lowest BCUT2D eigenvalue weighted by molar-refractivity contribution is -0.255. The fourth-order valence-corrected chi connectivity index (χ4v) is 4.42. The van der Waals surface area contributed by atoms with Crippen molar-refractivity contribution in [3.63, 3.8) is 0 Å². The van der Waals surface area contributed by atoms with E-state index in [4.69, 9.17) is 21.1 Å². The zero-order valence-electron chi connectivity index (χ0n) is 16.6. The molecule has 1 aromatic heterocycles. The summed E-state index contributed by atoms with van der Waals surface area (Å²) in [4.78, 5) is 12.3. The van der Waals surface area contributed by atoms with E-state index in [1.807, 2.05) is 53.9 Å². The van der Waals surface area contributed by atoms with Crippen LogP contribution in [0, 0.1) is 0 Å². The third-order valence-corrected chi connectivity index (χ3v) is 6.00. The van der Waals surface area contributed by atoms with Crippen molar-refractivity contribution in [2.75, 3.05) is 7.11 Å². The van der Waals surface area contributed by atoms with Crippen molar-refractivity contribution in [2.24, 2.45) is 0 Å². The Bertz CT molecular complexity index is 1220. The fraction of sp³-hybridized carbons (Fsp3) is 0.0800. The Balaban J connectivity index is 1.78. The van der Waals surface area contributed by atoms with Crippen LogP contribution in [0.3, 0.4) is 0 Å². The maximum absolute atomic E-state index is 11.4. The van der Waals surface area contributed by atoms with Crippen LogP contribution >= 0.6 is 22.9 Å². The van der Waals surface area contributed by atoms with Gasteiger partial charge in [-0.3, -0.25) is 0 Å². The molecule has 0 saturated heterocycles. The Labute approximate surface area is 189 Å². The second-order valence-electron chi connectivity index (χ2n) is 6.78. The second-order valence-corrected chi connectivity index (χ2v) is 8.13. The number of thiophene rings is 1. The summed E-state index contributed by atoms with van der Waals surface area (Å²) >= 11 is 7.80. The van der Waals surface area contributed by atoms with Crippen LogP contribution in [0.4, 0.5) is 0 Å². The molecule has 31 heavy (non-hydrogen) atoms. The van der Waals surface area contributed by atoms with E-state index in [0.717, 1.165) is 21.6 Å². The Morgan fingerprint density at radius 3 is 2.45 bits per heavy atom. The summed E-state index contributed by atoms with van der Waals surface area (Å²) in [6, 6.07) is 22.0. The number of aromatic carboxylic acids is 1. The Morgan fingerprint density at radius 2 is 1.71 bits per heavy atom. The quantitative estimate of drug-likeness (QED) is 0.364. The van der Waals surface area contributed by atoms with Crippen LogP contribution < -0.4 is 14.6 Å². The van der Waals surface area contributed by atoms with Crippen molar-refractivity contribution in [1.29, 1.82) is 0 Å². The van der Waals surface area contributed by atoms with Gasteiger partial charge in [0.15, 0.2) is 0 Å². The Morgan fingerprint density at radius 1 is 0.935 bits per heavy atom. The van der Waals surface area contributed by atoms with Gasteiger partial charge in [-0.15, -0.1) is 11.3 Å². The van der Waals surface area contributed by atoms with Gasteiger partial charge in [0.2, 0.25) is 0 Å². The van der Waals surface area contributed by atoms with Crippen LogP contribution in [-0.4, -0.2) is 13.1 Å². The molecule has 0 N–H and O–H groups in total. The first-order chi connectivity index (χ1) is 15.1. The molecule has 0 fully saturated rings. The predicted octanol–water partition coefficient (Wildman–Crippen LogP) is 5.69. The second kappa shape index (κ2) is 9.25. The zero-order valence-corrected chi connectivity index (χ0v) is 18.2. The van der Waals surface area contributed by atoms with Crippen molar-refractivity contribution in [3.8, 4) is 33.1 Å². The summed E-state index contributed by atoms with van der Waals surface area (Å²) < 4.78 is 11.6. The van der Waals surface area contributed by atoms with Crippen molar-refractivity contribution < 1.29 is 19.4 Å². The summed E-state index contributed by atoms with van der Waals surface area (Å²) in [5.74, 6) is 0.0158. The van der Waals surface area contributed by atoms with Crippen molar-refractivity contribution >= 4 is 28.9 Å². The van der Waals surface area contributed by atoms with Gasteiger partial charge in [-0.05, 0) is 59.0 Å².